The molecule has 2 rings (SSSR count). The Morgan fingerprint density at radius 2 is 2.00 bits per heavy atom. The van der Waals surface area contributed by atoms with Crippen LogP contribution in [0.5, 0.6) is 5.75 Å². The number of methoxy groups -OCH3 is 1. The fourth-order valence-electron chi connectivity index (χ4n) is 1.75. The molecular weight excluding hydrogens is 268 g/mol. The second kappa shape index (κ2) is 6.69. The third kappa shape index (κ3) is 3.92. The molecule has 0 radical (unpaired) electrons. The van der Waals surface area contributed by atoms with Crippen LogP contribution >= 0.6 is 0 Å². The van der Waals surface area contributed by atoms with E-state index in [0.29, 0.717) is 23.1 Å². The highest BCUT2D eigenvalue weighted by atomic mass is 16.5. The minimum absolute atomic E-state index is 0.192. The lowest BCUT2D eigenvalue weighted by atomic mass is 10.2. The van der Waals surface area contributed by atoms with Crippen LogP contribution in [0, 0.1) is 0 Å². The van der Waals surface area contributed by atoms with E-state index < -0.39 is 0 Å². The van der Waals surface area contributed by atoms with Gasteiger partial charge in [-0.05, 0) is 32.0 Å². The van der Waals surface area contributed by atoms with Crippen molar-refractivity contribution in [2.24, 2.45) is 0 Å². The zero-order chi connectivity index (χ0) is 15.2. The molecule has 0 aliphatic heterocycles. The van der Waals surface area contributed by atoms with Gasteiger partial charge in [0.1, 0.15) is 11.4 Å². The molecule has 1 heterocycles. The summed E-state index contributed by atoms with van der Waals surface area (Å²) < 4.78 is 5.20. The van der Waals surface area contributed by atoms with Crippen molar-refractivity contribution in [3.8, 4) is 5.75 Å². The third-order valence-corrected chi connectivity index (χ3v) is 2.66. The molecule has 6 nitrogen and oxygen atoms in total. The molecule has 0 unspecified atom stereocenters. The van der Waals surface area contributed by atoms with Crippen molar-refractivity contribution in [2.75, 3.05) is 17.7 Å². The quantitative estimate of drug-likeness (QED) is 0.883. The van der Waals surface area contributed by atoms with Gasteiger partial charge in [-0.15, -0.1) is 0 Å². The van der Waals surface area contributed by atoms with Gasteiger partial charge < -0.3 is 15.4 Å². The molecule has 0 aliphatic rings. The zero-order valence-electron chi connectivity index (χ0n) is 12.3. The van der Waals surface area contributed by atoms with Gasteiger partial charge >= 0.3 is 0 Å². The maximum atomic E-state index is 12.2. The van der Waals surface area contributed by atoms with Gasteiger partial charge in [-0.1, -0.05) is 12.1 Å². The number of ether oxygens (including phenoxy) is 1. The lowest BCUT2D eigenvalue weighted by Crippen LogP contribution is -2.17. The number of rotatable bonds is 5. The maximum absolute atomic E-state index is 12.2. The number of hydrogen-bond donors (Lipinski definition) is 2. The lowest BCUT2D eigenvalue weighted by Gasteiger charge is -2.11. The topological polar surface area (TPSA) is 76.1 Å². The Morgan fingerprint density at radius 3 is 2.71 bits per heavy atom. The molecule has 0 saturated carbocycles. The first-order valence-corrected chi connectivity index (χ1v) is 6.64. The van der Waals surface area contributed by atoms with E-state index in [1.54, 1.807) is 31.5 Å². The average molecular weight is 286 g/mol. The molecular formula is C15H18N4O2. The van der Waals surface area contributed by atoms with E-state index in [9.17, 15) is 4.79 Å². The summed E-state index contributed by atoms with van der Waals surface area (Å²) in [5.74, 6) is 0.715. The van der Waals surface area contributed by atoms with Crippen molar-refractivity contribution in [3.63, 3.8) is 0 Å². The monoisotopic (exact) mass is 286 g/mol. The molecule has 0 spiro atoms. The summed E-state index contributed by atoms with van der Waals surface area (Å²) in [6, 6.07) is 8.97. The number of carbonyl (C=O) groups excluding carboxylic acids is 1. The van der Waals surface area contributed by atoms with Crippen LogP contribution in [0.3, 0.4) is 0 Å². The second-order valence-corrected chi connectivity index (χ2v) is 4.72. The van der Waals surface area contributed by atoms with E-state index in [-0.39, 0.29) is 11.9 Å². The molecule has 6 heteroatoms. The predicted octanol–water partition coefficient (Wildman–Crippen LogP) is 2.56. The molecule has 0 atom stereocenters. The smallest absolute Gasteiger partial charge is 0.274 e. The number of nitrogens with zero attached hydrogens (tertiary/aromatic N) is 2. The van der Waals surface area contributed by atoms with E-state index in [4.69, 9.17) is 4.74 Å². The molecule has 0 fully saturated rings. The Hall–Kier alpha value is -2.63. The maximum Gasteiger partial charge on any atom is 0.274 e. The van der Waals surface area contributed by atoms with Crippen LogP contribution in [0.4, 0.5) is 11.6 Å². The van der Waals surface area contributed by atoms with E-state index in [0.717, 1.165) is 0 Å². The second-order valence-electron chi connectivity index (χ2n) is 4.72. The van der Waals surface area contributed by atoms with Crippen LogP contribution in [0.1, 0.15) is 24.3 Å². The number of amides is 1. The number of benzene rings is 1. The van der Waals surface area contributed by atoms with Crippen LogP contribution in [-0.4, -0.2) is 29.0 Å². The van der Waals surface area contributed by atoms with Gasteiger partial charge in [0.15, 0.2) is 0 Å². The van der Waals surface area contributed by atoms with Crippen molar-refractivity contribution >= 4 is 17.5 Å². The van der Waals surface area contributed by atoms with E-state index in [1.165, 1.54) is 0 Å². The molecule has 0 saturated heterocycles. The Labute approximate surface area is 123 Å². The highest BCUT2D eigenvalue weighted by Gasteiger charge is 2.11. The van der Waals surface area contributed by atoms with Crippen molar-refractivity contribution < 1.29 is 9.53 Å². The number of nitrogens with one attached hydrogen (secondary N) is 2. The van der Waals surface area contributed by atoms with Crippen molar-refractivity contribution in [3.05, 3.63) is 42.2 Å². The van der Waals surface area contributed by atoms with Gasteiger partial charge in [-0.2, -0.15) is 0 Å². The van der Waals surface area contributed by atoms with Crippen molar-refractivity contribution in [1.82, 2.24) is 9.97 Å². The van der Waals surface area contributed by atoms with Crippen LogP contribution < -0.4 is 15.4 Å². The normalized spacial score (nSPS) is 10.3. The summed E-state index contributed by atoms with van der Waals surface area (Å²) >= 11 is 0. The largest absolute Gasteiger partial charge is 0.495 e. The number of hydrogen-bond acceptors (Lipinski definition) is 5. The Balaban J connectivity index is 2.16. The fourth-order valence-corrected chi connectivity index (χ4v) is 1.75. The molecule has 21 heavy (non-hydrogen) atoms. The van der Waals surface area contributed by atoms with Crippen molar-refractivity contribution in [1.29, 1.82) is 0 Å². The average Bonchev–Trinajstić information content (AvgIpc) is 2.47. The first-order chi connectivity index (χ1) is 10.1. The molecule has 110 valence electrons. The minimum atomic E-state index is -0.311. The van der Waals surface area contributed by atoms with Gasteiger partial charge in [0.05, 0.1) is 12.8 Å². The number of para-hydroxylation sites is 2. The summed E-state index contributed by atoms with van der Waals surface area (Å²) in [5.41, 5.74) is 0.890. The first-order valence-electron chi connectivity index (χ1n) is 6.64. The molecule has 2 N–H and O–H groups in total. The van der Waals surface area contributed by atoms with E-state index in [2.05, 4.69) is 20.6 Å². The number of carbonyl (C=O) groups is 1. The summed E-state index contributed by atoms with van der Waals surface area (Å²) in [6.07, 6.45) is 1.55. The van der Waals surface area contributed by atoms with Gasteiger partial charge in [0.2, 0.25) is 5.95 Å². The molecule has 2 aromatic rings. The van der Waals surface area contributed by atoms with Crippen LogP contribution in [0.25, 0.3) is 0 Å². The SMILES string of the molecule is COc1ccccc1NC(=O)c1ccnc(NC(C)C)n1. The van der Waals surface area contributed by atoms with Gasteiger partial charge in [-0.25, -0.2) is 9.97 Å². The Kier molecular flexibility index (Phi) is 4.71. The first kappa shape index (κ1) is 14.8. The number of anilines is 2. The highest BCUT2D eigenvalue weighted by Crippen LogP contribution is 2.23. The van der Waals surface area contributed by atoms with Crippen LogP contribution in [0.2, 0.25) is 0 Å². The van der Waals surface area contributed by atoms with E-state index >= 15 is 0 Å². The minimum Gasteiger partial charge on any atom is -0.495 e. The van der Waals surface area contributed by atoms with E-state index in [1.807, 2.05) is 26.0 Å². The molecule has 1 aromatic carbocycles. The molecule has 0 aliphatic carbocycles. The van der Waals surface area contributed by atoms with Gasteiger partial charge in [0.25, 0.3) is 5.91 Å². The van der Waals surface area contributed by atoms with Gasteiger partial charge in [0, 0.05) is 12.2 Å². The summed E-state index contributed by atoms with van der Waals surface area (Å²) in [7, 11) is 1.56. The van der Waals surface area contributed by atoms with Gasteiger partial charge in [-0.3, -0.25) is 4.79 Å². The molecule has 0 bridgehead atoms. The fraction of sp³-hybridized carbons (Fsp3) is 0.267. The summed E-state index contributed by atoms with van der Waals surface area (Å²) in [6.45, 7) is 3.95. The molecule has 1 aromatic heterocycles. The Morgan fingerprint density at radius 1 is 1.24 bits per heavy atom. The van der Waals surface area contributed by atoms with Crippen LogP contribution in [0.15, 0.2) is 36.5 Å². The zero-order valence-corrected chi connectivity index (χ0v) is 12.3. The van der Waals surface area contributed by atoms with Crippen LogP contribution in [-0.2, 0) is 0 Å². The summed E-state index contributed by atoms with van der Waals surface area (Å²) in [5, 5.41) is 5.84. The summed E-state index contributed by atoms with van der Waals surface area (Å²) in [4.78, 5) is 20.5. The number of aromatic nitrogens is 2. The van der Waals surface area contributed by atoms with Crippen molar-refractivity contribution in [2.45, 2.75) is 19.9 Å². The lowest BCUT2D eigenvalue weighted by molar-refractivity contribution is 0.102. The Bertz CT molecular complexity index is 629. The highest BCUT2D eigenvalue weighted by molar-refractivity contribution is 6.03. The third-order valence-electron chi connectivity index (χ3n) is 2.66. The predicted molar refractivity (Wildman–Crippen MR) is 81.7 cm³/mol. The standard InChI is InChI=1S/C15H18N4O2/c1-10(2)17-15-16-9-8-12(19-15)14(20)18-11-6-4-5-7-13(11)21-3/h4-10H,1-3H3,(H,18,20)(H,16,17,19). The molecule has 1 amide bonds.